The molecule has 2 heterocycles. The number of hydrogen-bond acceptors (Lipinski definition) is 5. The maximum Gasteiger partial charge on any atom is 0.277 e. The first kappa shape index (κ1) is 13.7. The molecule has 0 saturated heterocycles. The van der Waals surface area contributed by atoms with Gasteiger partial charge in [-0.25, -0.2) is 0 Å². The Morgan fingerprint density at radius 3 is 2.82 bits per heavy atom. The molecule has 2 aromatic heterocycles. The molecule has 0 unspecified atom stereocenters. The zero-order chi connectivity index (χ0) is 15.9. The SMILES string of the molecule is Cc1cc(NC(=O)c2n[nH]c3ccc([N+](=O)[O-])cc23)n(C)n1. The molecular formula is C13H12N6O3. The summed E-state index contributed by atoms with van der Waals surface area (Å²) in [4.78, 5) is 22.7. The third kappa shape index (κ3) is 2.28. The van der Waals surface area contributed by atoms with Crippen LogP contribution in [0.2, 0.25) is 0 Å². The fraction of sp³-hybridized carbons (Fsp3) is 0.154. The smallest absolute Gasteiger partial charge is 0.277 e. The third-order valence-electron chi connectivity index (χ3n) is 3.22. The summed E-state index contributed by atoms with van der Waals surface area (Å²) in [7, 11) is 1.70. The van der Waals surface area contributed by atoms with E-state index >= 15 is 0 Å². The number of anilines is 1. The van der Waals surface area contributed by atoms with Crippen LogP contribution >= 0.6 is 0 Å². The number of nitro groups is 1. The number of nitrogens with one attached hydrogen (secondary N) is 2. The quantitative estimate of drug-likeness (QED) is 0.564. The Kier molecular flexibility index (Phi) is 3.09. The second-order valence-electron chi connectivity index (χ2n) is 4.81. The standard InChI is InChI=1S/C13H12N6O3/c1-7-5-11(18(2)17-7)14-13(20)12-9-6-8(19(21)22)3-4-10(9)15-16-12/h3-6H,1-2H3,(H,14,20)(H,15,16). The predicted octanol–water partition coefficient (Wildman–Crippen LogP) is 1.77. The average molecular weight is 300 g/mol. The first-order valence-electron chi connectivity index (χ1n) is 6.40. The molecule has 22 heavy (non-hydrogen) atoms. The third-order valence-corrected chi connectivity index (χ3v) is 3.22. The van der Waals surface area contributed by atoms with Gasteiger partial charge in [0.05, 0.1) is 16.1 Å². The second-order valence-corrected chi connectivity index (χ2v) is 4.81. The molecule has 0 aliphatic rings. The molecule has 3 aromatic rings. The highest BCUT2D eigenvalue weighted by Gasteiger charge is 2.18. The lowest BCUT2D eigenvalue weighted by Gasteiger charge is -2.03. The molecule has 0 aliphatic heterocycles. The molecule has 0 saturated carbocycles. The molecule has 0 fully saturated rings. The first-order valence-corrected chi connectivity index (χ1v) is 6.40. The minimum atomic E-state index is -0.515. The van der Waals surface area contributed by atoms with Crippen LogP contribution in [-0.2, 0) is 7.05 Å². The lowest BCUT2D eigenvalue weighted by atomic mass is 10.2. The zero-order valence-electron chi connectivity index (χ0n) is 11.8. The van der Waals surface area contributed by atoms with E-state index in [0.29, 0.717) is 16.7 Å². The Hall–Kier alpha value is -3.23. The van der Waals surface area contributed by atoms with Crippen molar-refractivity contribution in [2.24, 2.45) is 7.05 Å². The molecular weight excluding hydrogens is 288 g/mol. The second kappa shape index (κ2) is 4.95. The van der Waals surface area contributed by atoms with Crippen LogP contribution in [0, 0.1) is 17.0 Å². The lowest BCUT2D eigenvalue weighted by Crippen LogP contribution is -2.15. The van der Waals surface area contributed by atoms with Crippen molar-refractivity contribution in [1.82, 2.24) is 20.0 Å². The van der Waals surface area contributed by atoms with Crippen molar-refractivity contribution in [1.29, 1.82) is 0 Å². The van der Waals surface area contributed by atoms with Gasteiger partial charge < -0.3 is 5.32 Å². The van der Waals surface area contributed by atoms with E-state index in [1.807, 2.05) is 6.92 Å². The molecule has 3 rings (SSSR count). The number of benzene rings is 1. The first-order chi connectivity index (χ1) is 10.5. The maximum atomic E-state index is 12.3. The van der Waals surface area contributed by atoms with Crippen molar-refractivity contribution >= 4 is 28.3 Å². The van der Waals surface area contributed by atoms with Gasteiger partial charge in [0.2, 0.25) is 0 Å². The van der Waals surface area contributed by atoms with Crippen LogP contribution in [0.15, 0.2) is 24.3 Å². The van der Waals surface area contributed by atoms with Gasteiger partial charge in [0.25, 0.3) is 11.6 Å². The maximum absolute atomic E-state index is 12.3. The summed E-state index contributed by atoms with van der Waals surface area (Å²) in [5.41, 5.74) is 1.31. The average Bonchev–Trinajstić information content (AvgIpc) is 3.01. The Bertz CT molecular complexity index is 894. The number of H-pyrrole nitrogens is 1. The van der Waals surface area contributed by atoms with Crippen LogP contribution in [0.4, 0.5) is 11.5 Å². The van der Waals surface area contributed by atoms with E-state index in [2.05, 4.69) is 20.6 Å². The van der Waals surface area contributed by atoms with Gasteiger partial charge in [0, 0.05) is 30.6 Å². The summed E-state index contributed by atoms with van der Waals surface area (Å²) in [5, 5.41) is 24.7. The molecule has 0 bridgehead atoms. The van der Waals surface area contributed by atoms with Crippen LogP contribution < -0.4 is 5.32 Å². The Morgan fingerprint density at radius 1 is 1.41 bits per heavy atom. The van der Waals surface area contributed by atoms with Gasteiger partial charge in [-0.3, -0.25) is 24.7 Å². The molecule has 0 atom stereocenters. The zero-order valence-corrected chi connectivity index (χ0v) is 11.8. The number of carbonyl (C=O) groups excluding carboxylic acids is 1. The van der Waals surface area contributed by atoms with E-state index in [4.69, 9.17) is 0 Å². The highest BCUT2D eigenvalue weighted by Crippen LogP contribution is 2.22. The normalized spacial score (nSPS) is 10.8. The summed E-state index contributed by atoms with van der Waals surface area (Å²) in [5.74, 6) is 0.0545. The van der Waals surface area contributed by atoms with Crippen molar-refractivity contribution in [2.75, 3.05) is 5.32 Å². The summed E-state index contributed by atoms with van der Waals surface area (Å²) < 4.78 is 1.53. The van der Waals surface area contributed by atoms with Gasteiger partial charge in [-0.1, -0.05) is 0 Å². The molecule has 2 N–H and O–H groups in total. The fourth-order valence-corrected chi connectivity index (χ4v) is 2.19. The van der Waals surface area contributed by atoms with E-state index in [-0.39, 0.29) is 11.4 Å². The topological polar surface area (TPSA) is 119 Å². The van der Waals surface area contributed by atoms with Crippen LogP contribution in [0.5, 0.6) is 0 Å². The van der Waals surface area contributed by atoms with Crippen LogP contribution in [0.1, 0.15) is 16.2 Å². The molecule has 0 spiro atoms. The number of nitrogens with zero attached hydrogens (tertiary/aromatic N) is 4. The molecule has 1 amide bonds. The number of aryl methyl sites for hydroxylation is 2. The van der Waals surface area contributed by atoms with Gasteiger partial charge in [0.1, 0.15) is 5.82 Å². The van der Waals surface area contributed by atoms with Crippen molar-refractivity contribution < 1.29 is 9.72 Å². The highest BCUT2D eigenvalue weighted by molar-refractivity contribution is 6.11. The van der Waals surface area contributed by atoms with E-state index in [0.717, 1.165) is 5.69 Å². The van der Waals surface area contributed by atoms with Gasteiger partial charge in [-0.2, -0.15) is 10.2 Å². The summed E-state index contributed by atoms with van der Waals surface area (Å²) in [6, 6.07) is 5.91. The van der Waals surface area contributed by atoms with Gasteiger partial charge in [-0.05, 0) is 13.0 Å². The van der Waals surface area contributed by atoms with Crippen molar-refractivity contribution in [3.63, 3.8) is 0 Å². The van der Waals surface area contributed by atoms with Crippen LogP contribution in [-0.4, -0.2) is 30.8 Å². The Morgan fingerprint density at radius 2 is 2.18 bits per heavy atom. The summed E-state index contributed by atoms with van der Waals surface area (Å²) in [6.07, 6.45) is 0. The number of rotatable bonds is 3. The molecule has 0 radical (unpaired) electrons. The largest absolute Gasteiger partial charge is 0.305 e. The Labute approximate surface area is 124 Å². The summed E-state index contributed by atoms with van der Waals surface area (Å²) >= 11 is 0. The number of carbonyl (C=O) groups is 1. The minimum absolute atomic E-state index is 0.0950. The van der Waals surface area contributed by atoms with Gasteiger partial charge in [-0.15, -0.1) is 0 Å². The van der Waals surface area contributed by atoms with E-state index < -0.39 is 10.8 Å². The van der Waals surface area contributed by atoms with Crippen molar-refractivity contribution in [3.05, 3.63) is 45.8 Å². The molecule has 9 nitrogen and oxygen atoms in total. The van der Waals surface area contributed by atoms with E-state index in [9.17, 15) is 14.9 Å². The number of non-ortho nitro benzene ring substituents is 1. The summed E-state index contributed by atoms with van der Waals surface area (Å²) in [6.45, 7) is 1.81. The minimum Gasteiger partial charge on any atom is -0.305 e. The predicted molar refractivity (Wildman–Crippen MR) is 78.6 cm³/mol. The molecule has 112 valence electrons. The van der Waals surface area contributed by atoms with Crippen LogP contribution in [0.25, 0.3) is 10.9 Å². The lowest BCUT2D eigenvalue weighted by molar-refractivity contribution is -0.384. The number of nitro benzene ring substituents is 1. The van der Waals surface area contributed by atoms with E-state index in [1.54, 1.807) is 13.1 Å². The van der Waals surface area contributed by atoms with Crippen LogP contribution in [0.3, 0.4) is 0 Å². The number of amides is 1. The monoisotopic (exact) mass is 300 g/mol. The highest BCUT2D eigenvalue weighted by atomic mass is 16.6. The molecule has 1 aromatic carbocycles. The van der Waals surface area contributed by atoms with Gasteiger partial charge in [0.15, 0.2) is 5.69 Å². The van der Waals surface area contributed by atoms with Crippen molar-refractivity contribution in [3.8, 4) is 0 Å². The number of aromatic nitrogens is 4. The number of fused-ring (bicyclic) bond motifs is 1. The number of aromatic amines is 1. The Balaban J connectivity index is 1.98. The van der Waals surface area contributed by atoms with Gasteiger partial charge >= 0.3 is 0 Å². The van der Waals surface area contributed by atoms with E-state index in [1.165, 1.54) is 22.9 Å². The molecule has 0 aliphatic carbocycles. The molecule has 9 heteroatoms. The fourth-order valence-electron chi connectivity index (χ4n) is 2.19. The van der Waals surface area contributed by atoms with Crippen molar-refractivity contribution in [2.45, 2.75) is 6.92 Å². The number of hydrogen-bond donors (Lipinski definition) is 2.